The van der Waals surface area contributed by atoms with Crippen LogP contribution in [-0.4, -0.2) is 13.7 Å². The van der Waals surface area contributed by atoms with Crippen molar-refractivity contribution in [3.63, 3.8) is 0 Å². The van der Waals surface area contributed by atoms with Crippen LogP contribution in [0.2, 0.25) is 0 Å². The van der Waals surface area contributed by atoms with E-state index < -0.39 is 0 Å². The normalized spacial score (nSPS) is 10.3. The zero-order valence-corrected chi connectivity index (χ0v) is 13.7. The van der Waals surface area contributed by atoms with E-state index in [-0.39, 0.29) is 0 Å². The Morgan fingerprint density at radius 2 is 1.82 bits per heavy atom. The second kappa shape index (κ2) is 8.32. The lowest BCUT2D eigenvalue weighted by Crippen LogP contribution is -2.06. The number of rotatable bonds is 8. The molecule has 3 heteroatoms. The molecule has 0 atom stereocenters. The summed E-state index contributed by atoms with van der Waals surface area (Å²) in [5.41, 5.74) is 3.47. The number of hydrogen-bond donors (Lipinski definition) is 1. The third-order valence-corrected chi connectivity index (χ3v) is 3.56. The number of nitrogens with one attached hydrogen (secondary N) is 1. The number of unbranched alkanes of at least 4 members (excludes halogenated alkanes) is 1. The number of benzene rings is 2. The maximum Gasteiger partial charge on any atom is 0.166 e. The molecule has 0 bridgehead atoms. The van der Waals surface area contributed by atoms with Gasteiger partial charge in [0.15, 0.2) is 11.5 Å². The van der Waals surface area contributed by atoms with Gasteiger partial charge in [0.2, 0.25) is 0 Å². The molecule has 3 nitrogen and oxygen atoms in total. The Bertz CT molecular complexity index is 578. The molecule has 118 valence electrons. The Hall–Kier alpha value is -2.16. The van der Waals surface area contributed by atoms with Gasteiger partial charge in [0, 0.05) is 17.8 Å². The molecule has 2 aromatic rings. The van der Waals surface area contributed by atoms with Crippen molar-refractivity contribution >= 4 is 5.69 Å². The van der Waals surface area contributed by atoms with Gasteiger partial charge in [-0.3, -0.25) is 0 Å². The second-order valence-electron chi connectivity index (χ2n) is 5.37. The van der Waals surface area contributed by atoms with Gasteiger partial charge in [-0.1, -0.05) is 43.2 Å². The molecule has 0 aliphatic heterocycles. The predicted molar refractivity (Wildman–Crippen MR) is 91.9 cm³/mol. The monoisotopic (exact) mass is 299 g/mol. The summed E-state index contributed by atoms with van der Waals surface area (Å²) in [5, 5.41) is 3.43. The maximum atomic E-state index is 5.94. The van der Waals surface area contributed by atoms with Crippen molar-refractivity contribution in [3.8, 4) is 11.5 Å². The van der Waals surface area contributed by atoms with Crippen LogP contribution in [0.1, 0.15) is 30.9 Å². The van der Waals surface area contributed by atoms with E-state index in [0.717, 1.165) is 35.6 Å². The highest BCUT2D eigenvalue weighted by Crippen LogP contribution is 2.31. The summed E-state index contributed by atoms with van der Waals surface area (Å²) in [6.45, 7) is 5.67. The van der Waals surface area contributed by atoms with E-state index in [1.165, 1.54) is 5.56 Å². The first-order valence-electron chi connectivity index (χ1n) is 7.83. The number of methoxy groups -OCH3 is 1. The fraction of sp³-hybridized carbons (Fsp3) is 0.368. The molecule has 0 aliphatic rings. The van der Waals surface area contributed by atoms with Crippen LogP contribution in [0.15, 0.2) is 42.5 Å². The average Bonchev–Trinajstić information content (AvgIpc) is 2.55. The van der Waals surface area contributed by atoms with Crippen molar-refractivity contribution < 1.29 is 9.47 Å². The fourth-order valence-electron chi connectivity index (χ4n) is 2.21. The van der Waals surface area contributed by atoms with Gasteiger partial charge in [0.05, 0.1) is 13.7 Å². The van der Waals surface area contributed by atoms with Crippen LogP contribution in [0.4, 0.5) is 5.69 Å². The zero-order chi connectivity index (χ0) is 15.8. The summed E-state index contributed by atoms with van der Waals surface area (Å²) in [4.78, 5) is 0. The third kappa shape index (κ3) is 4.42. The van der Waals surface area contributed by atoms with Crippen LogP contribution in [0.3, 0.4) is 0 Å². The molecule has 0 saturated carbocycles. The van der Waals surface area contributed by atoms with Gasteiger partial charge in [-0.05, 0) is 31.5 Å². The summed E-state index contributed by atoms with van der Waals surface area (Å²) >= 11 is 0. The van der Waals surface area contributed by atoms with E-state index in [0.29, 0.717) is 13.2 Å². The lowest BCUT2D eigenvalue weighted by molar-refractivity contribution is 0.285. The van der Waals surface area contributed by atoms with E-state index in [1.807, 2.05) is 12.1 Å². The fourth-order valence-corrected chi connectivity index (χ4v) is 2.21. The second-order valence-corrected chi connectivity index (χ2v) is 5.37. The number of hydrogen-bond acceptors (Lipinski definition) is 3. The minimum absolute atomic E-state index is 0.710. The molecular formula is C19H25NO2. The van der Waals surface area contributed by atoms with Crippen molar-refractivity contribution in [2.45, 2.75) is 33.2 Å². The minimum Gasteiger partial charge on any atom is -0.493 e. The summed E-state index contributed by atoms with van der Waals surface area (Å²) in [7, 11) is 1.68. The highest BCUT2D eigenvalue weighted by atomic mass is 16.5. The Morgan fingerprint density at radius 1 is 1.05 bits per heavy atom. The van der Waals surface area contributed by atoms with Crippen LogP contribution >= 0.6 is 0 Å². The summed E-state index contributed by atoms with van der Waals surface area (Å²) < 4.78 is 11.4. The van der Waals surface area contributed by atoms with E-state index >= 15 is 0 Å². The molecule has 22 heavy (non-hydrogen) atoms. The number of ether oxygens (including phenoxy) is 2. The van der Waals surface area contributed by atoms with Crippen molar-refractivity contribution in [2.75, 3.05) is 19.0 Å². The van der Waals surface area contributed by atoms with E-state index in [2.05, 4.69) is 49.5 Å². The van der Waals surface area contributed by atoms with Gasteiger partial charge in [0.25, 0.3) is 0 Å². The SMILES string of the molecule is CCCCOc1c(CNc2ccc(C)cc2)cccc1OC. The summed E-state index contributed by atoms with van der Waals surface area (Å²) in [5.74, 6) is 1.64. The maximum absolute atomic E-state index is 5.94. The predicted octanol–water partition coefficient (Wildman–Crippen LogP) is 4.79. The van der Waals surface area contributed by atoms with Crippen molar-refractivity contribution in [2.24, 2.45) is 0 Å². The van der Waals surface area contributed by atoms with Crippen molar-refractivity contribution in [1.82, 2.24) is 0 Å². The molecule has 2 rings (SSSR count). The number of aryl methyl sites for hydroxylation is 1. The largest absolute Gasteiger partial charge is 0.493 e. The van der Waals surface area contributed by atoms with Crippen LogP contribution in [-0.2, 0) is 6.54 Å². The van der Waals surface area contributed by atoms with Crippen LogP contribution in [0, 0.1) is 6.92 Å². The number of para-hydroxylation sites is 1. The van der Waals surface area contributed by atoms with Gasteiger partial charge < -0.3 is 14.8 Å². The lowest BCUT2D eigenvalue weighted by atomic mass is 10.1. The first-order valence-corrected chi connectivity index (χ1v) is 7.83. The third-order valence-electron chi connectivity index (χ3n) is 3.56. The zero-order valence-electron chi connectivity index (χ0n) is 13.7. The van der Waals surface area contributed by atoms with Gasteiger partial charge in [-0.25, -0.2) is 0 Å². The molecule has 0 unspecified atom stereocenters. The van der Waals surface area contributed by atoms with Gasteiger partial charge in [-0.2, -0.15) is 0 Å². The van der Waals surface area contributed by atoms with Gasteiger partial charge >= 0.3 is 0 Å². The first-order chi connectivity index (χ1) is 10.7. The van der Waals surface area contributed by atoms with Crippen LogP contribution < -0.4 is 14.8 Å². The topological polar surface area (TPSA) is 30.5 Å². The Balaban J connectivity index is 2.09. The standard InChI is InChI=1S/C19H25NO2/c1-4-5-13-22-19-16(7-6-8-18(19)21-3)14-20-17-11-9-15(2)10-12-17/h6-12,20H,4-5,13-14H2,1-3H3. The molecule has 0 radical (unpaired) electrons. The lowest BCUT2D eigenvalue weighted by Gasteiger charge is -2.16. The molecule has 0 spiro atoms. The van der Waals surface area contributed by atoms with Gasteiger partial charge in [0.1, 0.15) is 0 Å². The van der Waals surface area contributed by atoms with Crippen LogP contribution in [0.25, 0.3) is 0 Å². The summed E-state index contributed by atoms with van der Waals surface area (Å²) in [6.07, 6.45) is 2.16. The first kappa shape index (κ1) is 16.2. The van der Waals surface area contributed by atoms with E-state index in [4.69, 9.17) is 9.47 Å². The van der Waals surface area contributed by atoms with Crippen molar-refractivity contribution in [1.29, 1.82) is 0 Å². The molecule has 0 aromatic heterocycles. The molecule has 2 aromatic carbocycles. The molecule has 0 amide bonds. The Labute approximate surface area is 133 Å². The van der Waals surface area contributed by atoms with Crippen molar-refractivity contribution in [3.05, 3.63) is 53.6 Å². The smallest absolute Gasteiger partial charge is 0.166 e. The highest BCUT2D eigenvalue weighted by molar-refractivity contribution is 5.50. The molecule has 0 aliphatic carbocycles. The minimum atomic E-state index is 0.710. The van der Waals surface area contributed by atoms with Crippen LogP contribution in [0.5, 0.6) is 11.5 Å². The quantitative estimate of drug-likeness (QED) is 0.711. The average molecular weight is 299 g/mol. The molecule has 0 heterocycles. The number of anilines is 1. The molecular weight excluding hydrogens is 274 g/mol. The molecule has 1 N–H and O–H groups in total. The molecule has 0 fully saturated rings. The summed E-state index contributed by atoms with van der Waals surface area (Å²) in [6, 6.07) is 14.4. The highest BCUT2D eigenvalue weighted by Gasteiger charge is 2.10. The van der Waals surface area contributed by atoms with Gasteiger partial charge in [-0.15, -0.1) is 0 Å². The Morgan fingerprint density at radius 3 is 2.50 bits per heavy atom. The van der Waals surface area contributed by atoms with E-state index in [1.54, 1.807) is 7.11 Å². The Kier molecular flexibility index (Phi) is 6.13. The van der Waals surface area contributed by atoms with E-state index in [9.17, 15) is 0 Å². The molecule has 0 saturated heterocycles.